The molecule has 0 unspecified atom stereocenters. The molecule has 2 N–H and O–H groups in total. The molecule has 33 heavy (non-hydrogen) atoms. The smallest absolute Gasteiger partial charge is 0.341 e. The first-order valence-corrected chi connectivity index (χ1v) is 12.1. The summed E-state index contributed by atoms with van der Waals surface area (Å²) in [6.45, 7) is 6.74. The molecule has 1 aromatic rings. The van der Waals surface area contributed by atoms with Crippen molar-refractivity contribution in [3.63, 3.8) is 0 Å². The zero-order chi connectivity index (χ0) is 24.1. The molecule has 0 aromatic carbocycles. The normalized spacial score (nSPS) is 18.1. The van der Waals surface area contributed by atoms with Crippen molar-refractivity contribution in [2.75, 3.05) is 31.6 Å². The number of esters is 1. The molecule has 3 rings (SSSR count). The molecule has 2 aliphatic rings. The van der Waals surface area contributed by atoms with E-state index in [0.717, 1.165) is 23.3 Å². The van der Waals surface area contributed by atoms with Crippen LogP contribution in [-0.4, -0.2) is 71.8 Å². The lowest BCUT2D eigenvalue weighted by atomic mass is 10.0. The number of amides is 5. The van der Waals surface area contributed by atoms with Crippen molar-refractivity contribution in [2.24, 2.45) is 5.92 Å². The van der Waals surface area contributed by atoms with Gasteiger partial charge in [-0.2, -0.15) is 0 Å². The van der Waals surface area contributed by atoms with Crippen molar-refractivity contribution in [1.82, 2.24) is 15.1 Å². The summed E-state index contributed by atoms with van der Waals surface area (Å²) in [6.07, 6.45) is 2.37. The zero-order valence-electron chi connectivity index (χ0n) is 19.1. The molecule has 0 aliphatic carbocycles. The van der Waals surface area contributed by atoms with Gasteiger partial charge in [0.15, 0.2) is 0 Å². The SMILES string of the molecule is CCOC(=O)c1c(CC(C)C)csc1NC(=O)CN1C(=O)N[C@@H](CC(=O)N2CCCC2)C1=O. The second-order valence-corrected chi connectivity index (χ2v) is 9.43. The highest BCUT2D eigenvalue weighted by atomic mass is 32.1. The standard InChI is InChI=1S/C22H30N4O6S/c1-4-32-21(30)18-14(9-13(2)3)12-33-19(18)24-16(27)11-26-20(29)15(23-22(26)31)10-17(28)25-7-5-6-8-25/h12-13,15H,4-11H2,1-3H3,(H,23,31)(H,24,27)/t15-/m0/s1. The topological polar surface area (TPSA) is 125 Å². The average Bonchev–Trinajstić information content (AvgIpc) is 3.46. The van der Waals surface area contributed by atoms with Gasteiger partial charge in [0, 0.05) is 13.1 Å². The maximum atomic E-state index is 12.7. The van der Waals surface area contributed by atoms with E-state index in [0.29, 0.717) is 36.0 Å². The van der Waals surface area contributed by atoms with Gasteiger partial charge in [-0.15, -0.1) is 11.3 Å². The number of carbonyl (C=O) groups excluding carboxylic acids is 5. The quantitative estimate of drug-likeness (QED) is 0.413. The van der Waals surface area contributed by atoms with Crippen LogP contribution in [0.4, 0.5) is 9.80 Å². The summed E-state index contributed by atoms with van der Waals surface area (Å²) in [4.78, 5) is 64.9. The number of likely N-dealkylation sites (tertiary alicyclic amines) is 1. The third-order valence-electron chi connectivity index (χ3n) is 5.47. The first kappa shape index (κ1) is 24.7. The molecule has 0 bridgehead atoms. The maximum absolute atomic E-state index is 12.7. The predicted octanol–water partition coefficient (Wildman–Crippen LogP) is 1.99. The van der Waals surface area contributed by atoms with E-state index in [1.807, 2.05) is 13.8 Å². The Hall–Kier alpha value is -2.95. The van der Waals surface area contributed by atoms with Gasteiger partial charge in [0.1, 0.15) is 17.6 Å². The summed E-state index contributed by atoms with van der Waals surface area (Å²) >= 11 is 1.20. The van der Waals surface area contributed by atoms with Crippen molar-refractivity contribution < 1.29 is 28.7 Å². The van der Waals surface area contributed by atoms with E-state index in [1.165, 1.54) is 11.3 Å². The molecule has 1 aromatic heterocycles. The third kappa shape index (κ3) is 5.89. The molecule has 10 nitrogen and oxygen atoms in total. The van der Waals surface area contributed by atoms with E-state index < -0.39 is 36.4 Å². The number of hydrogen-bond donors (Lipinski definition) is 2. The van der Waals surface area contributed by atoms with Crippen LogP contribution in [0.3, 0.4) is 0 Å². The summed E-state index contributed by atoms with van der Waals surface area (Å²) in [5.74, 6) is -1.65. The summed E-state index contributed by atoms with van der Waals surface area (Å²) < 4.78 is 5.14. The van der Waals surface area contributed by atoms with Crippen molar-refractivity contribution in [3.05, 3.63) is 16.5 Å². The third-order valence-corrected chi connectivity index (χ3v) is 6.42. The van der Waals surface area contributed by atoms with E-state index in [-0.39, 0.29) is 18.9 Å². The Labute approximate surface area is 196 Å². The number of hydrogen-bond acceptors (Lipinski definition) is 7. The number of ether oxygens (including phenoxy) is 1. The Morgan fingerprint density at radius 1 is 1.24 bits per heavy atom. The van der Waals surface area contributed by atoms with Gasteiger partial charge < -0.3 is 20.3 Å². The monoisotopic (exact) mass is 478 g/mol. The fourth-order valence-electron chi connectivity index (χ4n) is 3.95. The van der Waals surface area contributed by atoms with E-state index in [4.69, 9.17) is 4.74 Å². The average molecular weight is 479 g/mol. The Morgan fingerprint density at radius 3 is 2.58 bits per heavy atom. The van der Waals surface area contributed by atoms with Crippen molar-refractivity contribution in [2.45, 2.75) is 52.5 Å². The molecular formula is C22H30N4O6S. The molecular weight excluding hydrogens is 448 g/mol. The van der Waals surface area contributed by atoms with Gasteiger partial charge in [0.05, 0.1) is 18.6 Å². The molecule has 0 saturated carbocycles. The van der Waals surface area contributed by atoms with Crippen LogP contribution < -0.4 is 10.6 Å². The molecule has 2 aliphatic heterocycles. The van der Waals surface area contributed by atoms with Gasteiger partial charge in [0.25, 0.3) is 5.91 Å². The van der Waals surface area contributed by atoms with Gasteiger partial charge in [-0.1, -0.05) is 13.8 Å². The summed E-state index contributed by atoms with van der Waals surface area (Å²) in [5.41, 5.74) is 1.08. The lowest BCUT2D eigenvalue weighted by Gasteiger charge is -2.17. The second kappa shape index (κ2) is 10.8. The number of nitrogens with zero attached hydrogens (tertiary/aromatic N) is 2. The first-order valence-electron chi connectivity index (χ1n) is 11.2. The Morgan fingerprint density at radius 2 is 1.94 bits per heavy atom. The Kier molecular flexibility index (Phi) is 8.06. The van der Waals surface area contributed by atoms with E-state index in [1.54, 1.807) is 17.2 Å². The molecule has 2 saturated heterocycles. The van der Waals surface area contributed by atoms with Gasteiger partial charge in [-0.05, 0) is 43.0 Å². The largest absolute Gasteiger partial charge is 0.462 e. The van der Waals surface area contributed by atoms with Gasteiger partial charge in [0.2, 0.25) is 11.8 Å². The maximum Gasteiger partial charge on any atom is 0.341 e. The van der Waals surface area contributed by atoms with Crippen molar-refractivity contribution in [3.8, 4) is 0 Å². The predicted molar refractivity (Wildman–Crippen MR) is 122 cm³/mol. The molecule has 0 radical (unpaired) electrons. The molecule has 3 heterocycles. The van der Waals surface area contributed by atoms with Gasteiger partial charge >= 0.3 is 12.0 Å². The number of urea groups is 1. The minimum Gasteiger partial charge on any atom is -0.462 e. The number of thiophene rings is 1. The highest BCUT2D eigenvalue weighted by Crippen LogP contribution is 2.31. The highest BCUT2D eigenvalue weighted by molar-refractivity contribution is 7.15. The molecule has 2 fully saturated rings. The number of nitrogens with one attached hydrogen (secondary N) is 2. The number of anilines is 1. The van der Waals surface area contributed by atoms with E-state index in [9.17, 15) is 24.0 Å². The summed E-state index contributed by atoms with van der Waals surface area (Å²) in [7, 11) is 0. The fourth-order valence-corrected chi connectivity index (χ4v) is 4.93. The van der Waals surface area contributed by atoms with E-state index in [2.05, 4.69) is 10.6 Å². The second-order valence-electron chi connectivity index (χ2n) is 8.55. The zero-order valence-corrected chi connectivity index (χ0v) is 20.0. The van der Waals surface area contributed by atoms with Crippen LogP contribution in [0, 0.1) is 5.92 Å². The van der Waals surface area contributed by atoms with Crippen LogP contribution in [0.1, 0.15) is 56.0 Å². The Balaban J connectivity index is 1.65. The van der Waals surface area contributed by atoms with Crippen molar-refractivity contribution >= 4 is 46.1 Å². The summed E-state index contributed by atoms with van der Waals surface area (Å²) in [5, 5.41) is 7.25. The van der Waals surface area contributed by atoms with Crippen LogP contribution in [-0.2, 0) is 25.5 Å². The molecule has 1 atom stereocenters. The lowest BCUT2D eigenvalue weighted by molar-refractivity contribution is -0.135. The van der Waals surface area contributed by atoms with Crippen molar-refractivity contribution in [1.29, 1.82) is 0 Å². The van der Waals surface area contributed by atoms with E-state index >= 15 is 0 Å². The number of imide groups is 1. The van der Waals surface area contributed by atoms with Crippen LogP contribution in [0.15, 0.2) is 5.38 Å². The van der Waals surface area contributed by atoms with Crippen LogP contribution in [0.25, 0.3) is 0 Å². The molecule has 0 spiro atoms. The number of carbonyl (C=O) groups is 5. The van der Waals surface area contributed by atoms with Crippen LogP contribution in [0.5, 0.6) is 0 Å². The molecule has 180 valence electrons. The minimum absolute atomic E-state index is 0.126. The minimum atomic E-state index is -0.979. The summed E-state index contributed by atoms with van der Waals surface area (Å²) in [6, 6.07) is -1.69. The van der Waals surface area contributed by atoms with Gasteiger partial charge in [-0.3, -0.25) is 19.3 Å². The van der Waals surface area contributed by atoms with Crippen LogP contribution >= 0.6 is 11.3 Å². The lowest BCUT2D eigenvalue weighted by Crippen LogP contribution is -2.39. The van der Waals surface area contributed by atoms with Crippen LogP contribution in [0.2, 0.25) is 0 Å². The molecule has 5 amide bonds. The highest BCUT2D eigenvalue weighted by Gasteiger charge is 2.41. The first-order chi connectivity index (χ1) is 15.7. The Bertz CT molecular complexity index is 937. The number of rotatable bonds is 9. The van der Waals surface area contributed by atoms with Gasteiger partial charge in [-0.25, -0.2) is 9.59 Å². The fraction of sp³-hybridized carbons (Fsp3) is 0.591. The molecule has 11 heteroatoms.